The van der Waals surface area contributed by atoms with E-state index in [4.69, 9.17) is 9.72 Å². The quantitative estimate of drug-likeness (QED) is 0.196. The molecule has 0 atom stereocenters. The van der Waals surface area contributed by atoms with Gasteiger partial charge in [-0.05, 0) is 53.9 Å². The highest BCUT2D eigenvalue weighted by Crippen LogP contribution is 2.32. The van der Waals surface area contributed by atoms with Crippen LogP contribution in [-0.4, -0.2) is 37.1 Å². The topological polar surface area (TPSA) is 45.7 Å². The first-order valence-electron chi connectivity index (χ1n) is 12.5. The Kier molecular flexibility index (Phi) is 6.57. The zero-order valence-electron chi connectivity index (χ0n) is 20.4. The molecule has 0 unspecified atom stereocenters. The van der Waals surface area contributed by atoms with Crippen molar-refractivity contribution in [1.82, 2.24) is 4.98 Å². The number of aromatic nitrogens is 1. The smallest absolute Gasteiger partial charge is 0.343 e. The average Bonchev–Trinajstić information content (AvgIpc) is 3.38. The summed E-state index contributed by atoms with van der Waals surface area (Å²) in [4.78, 5) is 22.4. The van der Waals surface area contributed by atoms with Crippen LogP contribution in [0.3, 0.4) is 0 Å². The SMILES string of the molecule is O=C(Oc1ccc2nc(N3CCN(c4ccccc4)CC3)sc2c1)c1ccc(Cc2ccccc2)cc1. The Balaban J connectivity index is 1.09. The Morgan fingerprint density at radius 3 is 2.14 bits per heavy atom. The van der Waals surface area contributed by atoms with Gasteiger partial charge < -0.3 is 14.5 Å². The minimum Gasteiger partial charge on any atom is -0.423 e. The number of hydrogen-bond donors (Lipinski definition) is 0. The molecule has 0 amide bonds. The molecule has 5 nitrogen and oxygen atoms in total. The minimum absolute atomic E-state index is 0.354. The molecule has 1 aliphatic rings. The van der Waals surface area contributed by atoms with Crippen LogP contribution in [0.4, 0.5) is 10.8 Å². The molecule has 184 valence electrons. The van der Waals surface area contributed by atoms with Gasteiger partial charge in [0.1, 0.15) is 5.75 Å². The number of carbonyl (C=O) groups excluding carboxylic acids is 1. The molecule has 0 saturated carbocycles. The fourth-order valence-electron chi connectivity index (χ4n) is 4.64. The number of nitrogens with zero attached hydrogens (tertiary/aromatic N) is 3. The van der Waals surface area contributed by atoms with E-state index in [0.29, 0.717) is 11.3 Å². The van der Waals surface area contributed by atoms with E-state index in [1.165, 1.54) is 11.3 Å². The van der Waals surface area contributed by atoms with Crippen LogP contribution in [0.2, 0.25) is 0 Å². The summed E-state index contributed by atoms with van der Waals surface area (Å²) in [5.41, 5.74) is 5.14. The van der Waals surface area contributed by atoms with E-state index < -0.39 is 0 Å². The van der Waals surface area contributed by atoms with E-state index in [1.54, 1.807) is 11.3 Å². The van der Waals surface area contributed by atoms with Gasteiger partial charge in [0, 0.05) is 37.9 Å². The van der Waals surface area contributed by atoms with Crippen molar-refractivity contribution in [3.63, 3.8) is 0 Å². The van der Waals surface area contributed by atoms with Crippen LogP contribution in [0.5, 0.6) is 5.75 Å². The van der Waals surface area contributed by atoms with E-state index in [1.807, 2.05) is 60.7 Å². The summed E-state index contributed by atoms with van der Waals surface area (Å²) >= 11 is 1.65. The van der Waals surface area contributed by atoms with Crippen LogP contribution in [0.1, 0.15) is 21.5 Å². The highest BCUT2D eigenvalue weighted by molar-refractivity contribution is 7.22. The summed E-state index contributed by atoms with van der Waals surface area (Å²) in [7, 11) is 0. The average molecular weight is 506 g/mol. The largest absolute Gasteiger partial charge is 0.423 e. The molecule has 1 saturated heterocycles. The molecule has 37 heavy (non-hydrogen) atoms. The molecule has 0 aliphatic carbocycles. The number of thiazole rings is 1. The number of benzene rings is 4. The summed E-state index contributed by atoms with van der Waals surface area (Å²) < 4.78 is 6.72. The van der Waals surface area contributed by atoms with Crippen LogP contribution < -0.4 is 14.5 Å². The van der Waals surface area contributed by atoms with Gasteiger partial charge in [0.25, 0.3) is 0 Å². The third-order valence-corrected chi connectivity index (χ3v) is 7.75. The summed E-state index contributed by atoms with van der Waals surface area (Å²) in [5, 5.41) is 1.01. The molecular formula is C31H27N3O2S. The Morgan fingerprint density at radius 2 is 1.41 bits per heavy atom. The number of para-hydroxylation sites is 1. The zero-order chi connectivity index (χ0) is 25.0. The lowest BCUT2D eigenvalue weighted by molar-refractivity contribution is 0.0735. The van der Waals surface area contributed by atoms with Crippen LogP contribution >= 0.6 is 11.3 Å². The summed E-state index contributed by atoms with van der Waals surface area (Å²) in [6.07, 6.45) is 0.835. The Bertz CT molecular complexity index is 1490. The van der Waals surface area contributed by atoms with E-state index >= 15 is 0 Å². The lowest BCUT2D eigenvalue weighted by atomic mass is 10.0. The normalized spacial score (nSPS) is 13.6. The van der Waals surface area contributed by atoms with Crippen molar-refractivity contribution in [2.24, 2.45) is 0 Å². The maximum Gasteiger partial charge on any atom is 0.343 e. The first-order valence-corrected chi connectivity index (χ1v) is 13.3. The first kappa shape index (κ1) is 23.3. The van der Waals surface area contributed by atoms with Crippen molar-refractivity contribution >= 4 is 38.3 Å². The monoisotopic (exact) mass is 505 g/mol. The number of fused-ring (bicyclic) bond motifs is 1. The van der Waals surface area contributed by atoms with Gasteiger partial charge in [-0.2, -0.15) is 0 Å². The number of carbonyl (C=O) groups is 1. The third kappa shape index (κ3) is 5.34. The molecule has 0 N–H and O–H groups in total. The molecule has 0 bridgehead atoms. The van der Waals surface area contributed by atoms with Crippen molar-refractivity contribution in [2.45, 2.75) is 6.42 Å². The van der Waals surface area contributed by atoms with Crippen LogP contribution in [-0.2, 0) is 6.42 Å². The fourth-order valence-corrected chi connectivity index (χ4v) is 5.69. The highest BCUT2D eigenvalue weighted by Gasteiger charge is 2.20. The number of ether oxygens (including phenoxy) is 1. The van der Waals surface area contributed by atoms with Crippen molar-refractivity contribution in [3.8, 4) is 5.75 Å². The maximum atomic E-state index is 12.8. The predicted octanol–water partition coefficient (Wildman–Crippen LogP) is 6.43. The van der Waals surface area contributed by atoms with Gasteiger partial charge >= 0.3 is 5.97 Å². The Hall–Kier alpha value is -4.16. The Morgan fingerprint density at radius 1 is 0.757 bits per heavy atom. The lowest BCUT2D eigenvalue weighted by Gasteiger charge is -2.35. The van der Waals surface area contributed by atoms with Gasteiger partial charge in [-0.25, -0.2) is 9.78 Å². The maximum absolute atomic E-state index is 12.8. The van der Waals surface area contributed by atoms with E-state index in [9.17, 15) is 4.79 Å². The fraction of sp³-hybridized carbons (Fsp3) is 0.161. The van der Waals surface area contributed by atoms with Gasteiger partial charge in [0.05, 0.1) is 15.8 Å². The lowest BCUT2D eigenvalue weighted by Crippen LogP contribution is -2.46. The molecule has 1 aliphatic heterocycles. The van der Waals surface area contributed by atoms with Gasteiger partial charge in [0.2, 0.25) is 0 Å². The van der Waals surface area contributed by atoms with E-state index in [-0.39, 0.29) is 5.97 Å². The van der Waals surface area contributed by atoms with Gasteiger partial charge in [-0.3, -0.25) is 0 Å². The standard InChI is InChI=1S/C31H27N3O2S/c35-30(25-13-11-24(12-14-25)21-23-7-3-1-4-8-23)36-27-15-16-28-29(22-27)37-31(32-28)34-19-17-33(18-20-34)26-9-5-2-6-10-26/h1-16,22H,17-21H2. The van der Waals surface area contributed by atoms with Gasteiger partial charge in [-0.1, -0.05) is 72.0 Å². The highest BCUT2D eigenvalue weighted by atomic mass is 32.1. The molecule has 6 heteroatoms. The molecule has 6 rings (SSSR count). The summed E-state index contributed by atoms with van der Waals surface area (Å²) in [6.45, 7) is 3.79. The predicted molar refractivity (Wildman–Crippen MR) is 151 cm³/mol. The molecule has 4 aromatic carbocycles. The molecule has 0 radical (unpaired) electrons. The second kappa shape index (κ2) is 10.4. The number of rotatable bonds is 6. The molecule has 2 heterocycles. The van der Waals surface area contributed by atoms with Crippen LogP contribution in [0.25, 0.3) is 10.2 Å². The van der Waals surface area contributed by atoms with E-state index in [2.05, 4.69) is 52.3 Å². The Labute approximate surface area is 220 Å². The zero-order valence-corrected chi connectivity index (χ0v) is 21.2. The molecular weight excluding hydrogens is 478 g/mol. The molecule has 1 fully saturated rings. The van der Waals surface area contributed by atoms with Gasteiger partial charge in [0.15, 0.2) is 5.13 Å². The van der Waals surface area contributed by atoms with Crippen LogP contribution in [0, 0.1) is 0 Å². The van der Waals surface area contributed by atoms with Gasteiger partial charge in [-0.15, -0.1) is 0 Å². The minimum atomic E-state index is -0.354. The number of hydrogen-bond acceptors (Lipinski definition) is 6. The van der Waals surface area contributed by atoms with Crippen molar-refractivity contribution in [2.75, 3.05) is 36.0 Å². The summed E-state index contributed by atoms with van der Waals surface area (Å²) in [6, 6.07) is 34.1. The first-order chi connectivity index (χ1) is 18.2. The van der Waals surface area contributed by atoms with Crippen LogP contribution in [0.15, 0.2) is 103 Å². The third-order valence-electron chi connectivity index (χ3n) is 6.67. The number of anilines is 2. The molecule has 5 aromatic rings. The van der Waals surface area contributed by atoms with E-state index in [0.717, 1.165) is 53.5 Å². The molecule has 0 spiro atoms. The number of esters is 1. The number of piperazine rings is 1. The second-order valence-electron chi connectivity index (χ2n) is 9.18. The second-order valence-corrected chi connectivity index (χ2v) is 10.2. The van der Waals surface area contributed by atoms with Crippen molar-refractivity contribution in [1.29, 1.82) is 0 Å². The summed E-state index contributed by atoms with van der Waals surface area (Å²) in [5.74, 6) is 0.183. The van der Waals surface area contributed by atoms with Crippen molar-refractivity contribution < 1.29 is 9.53 Å². The molecule has 1 aromatic heterocycles. The van der Waals surface area contributed by atoms with Crippen molar-refractivity contribution in [3.05, 3.63) is 120 Å².